The summed E-state index contributed by atoms with van der Waals surface area (Å²) in [6.07, 6.45) is 3.75. The Kier molecular flexibility index (Phi) is 13.6. The van der Waals surface area contributed by atoms with E-state index in [0.29, 0.717) is 34.6 Å². The molecule has 10 nitrogen and oxygen atoms in total. The molecule has 0 spiro atoms. The molecule has 2 heterocycles. The molecule has 2 aromatic heterocycles. The van der Waals surface area contributed by atoms with E-state index in [1.807, 2.05) is 13.8 Å². The zero-order chi connectivity index (χ0) is 26.5. The third-order valence-corrected chi connectivity index (χ3v) is 9.06. The zero-order valence-electron chi connectivity index (χ0n) is 20.5. The van der Waals surface area contributed by atoms with E-state index in [1.165, 1.54) is 58.5 Å². The molecule has 2 rings (SSSR count). The van der Waals surface area contributed by atoms with Crippen molar-refractivity contribution in [2.45, 2.75) is 38.8 Å². The zero-order valence-corrected chi connectivity index (χ0v) is 23.8. The van der Waals surface area contributed by atoms with Crippen molar-refractivity contribution in [3.05, 3.63) is 32.2 Å². The molecular weight excluding hydrogens is 545 g/mol. The highest BCUT2D eigenvalue weighted by molar-refractivity contribution is 8.76. The normalized spacial score (nSPS) is 12.7. The van der Waals surface area contributed by atoms with Crippen molar-refractivity contribution in [2.75, 3.05) is 38.8 Å². The number of ether oxygens (including phenoxy) is 2. The van der Waals surface area contributed by atoms with Gasteiger partial charge in [0, 0.05) is 59.6 Å². The maximum absolute atomic E-state index is 12.2. The number of thiazole rings is 2. The molecule has 0 aliphatic heterocycles. The number of hydrogen-bond acceptors (Lipinski definition) is 14. The van der Waals surface area contributed by atoms with E-state index < -0.39 is 24.0 Å². The van der Waals surface area contributed by atoms with Crippen LogP contribution in [0.25, 0.3) is 0 Å². The molecule has 0 bridgehead atoms. The first-order valence-corrected chi connectivity index (χ1v) is 15.1. The number of ketones is 2. The van der Waals surface area contributed by atoms with Gasteiger partial charge in [0.2, 0.25) is 0 Å². The van der Waals surface area contributed by atoms with Crippen molar-refractivity contribution >= 4 is 67.8 Å². The van der Waals surface area contributed by atoms with Crippen molar-refractivity contribution in [3.8, 4) is 0 Å². The number of carbonyl (C=O) groups is 4. The highest BCUT2D eigenvalue weighted by Crippen LogP contribution is 2.24. The van der Waals surface area contributed by atoms with Gasteiger partial charge in [-0.15, -0.1) is 22.7 Å². The van der Waals surface area contributed by atoms with Crippen molar-refractivity contribution < 1.29 is 28.7 Å². The molecule has 198 valence electrons. The number of carbonyl (C=O) groups excluding carboxylic acids is 4. The standard InChI is InChI=1S/C22H30N4O6S4/c1-13-9-25-19(35-13)17(27)5-7-23-15(21(29)31-3)11-33-34-12-16(22(30)32-4)24-8-6-18(28)20-26-10-14(2)36-20/h9-10,15-16,23-24H,5-8,11-12H2,1-4H3. The molecule has 0 fully saturated rings. The van der Waals surface area contributed by atoms with Crippen LogP contribution < -0.4 is 10.6 Å². The number of hydrogen-bond donors (Lipinski definition) is 2. The minimum atomic E-state index is -0.609. The van der Waals surface area contributed by atoms with Gasteiger partial charge in [-0.05, 0) is 13.8 Å². The first-order valence-electron chi connectivity index (χ1n) is 11.0. The predicted octanol–water partition coefficient (Wildman–Crippen LogP) is 2.71. The van der Waals surface area contributed by atoms with E-state index in [-0.39, 0.29) is 24.4 Å². The molecule has 0 radical (unpaired) electrons. The fourth-order valence-electron chi connectivity index (χ4n) is 2.84. The largest absolute Gasteiger partial charge is 0.468 e. The molecule has 0 saturated heterocycles. The van der Waals surface area contributed by atoms with E-state index in [9.17, 15) is 19.2 Å². The minimum absolute atomic E-state index is 0.0817. The van der Waals surface area contributed by atoms with Crippen LogP contribution in [-0.4, -0.2) is 84.4 Å². The van der Waals surface area contributed by atoms with Crippen LogP contribution in [0.2, 0.25) is 0 Å². The van der Waals surface area contributed by atoms with Crippen molar-refractivity contribution in [1.29, 1.82) is 0 Å². The lowest BCUT2D eigenvalue weighted by Gasteiger charge is -2.17. The molecule has 2 atom stereocenters. The molecule has 36 heavy (non-hydrogen) atoms. The van der Waals surface area contributed by atoms with Gasteiger partial charge in [0.05, 0.1) is 14.2 Å². The second-order valence-electron chi connectivity index (χ2n) is 7.53. The Bertz CT molecular complexity index is 948. The number of methoxy groups -OCH3 is 2. The van der Waals surface area contributed by atoms with Crippen LogP contribution in [0.5, 0.6) is 0 Å². The van der Waals surface area contributed by atoms with Crippen LogP contribution >= 0.6 is 44.3 Å². The molecule has 0 amide bonds. The number of Topliss-reactive ketones (excluding diaryl/α,β-unsaturated/α-hetero) is 2. The van der Waals surface area contributed by atoms with Crippen molar-refractivity contribution in [3.63, 3.8) is 0 Å². The molecule has 0 saturated carbocycles. The number of nitrogens with one attached hydrogen (secondary N) is 2. The molecule has 2 aromatic rings. The topological polar surface area (TPSA) is 137 Å². The van der Waals surface area contributed by atoms with E-state index >= 15 is 0 Å². The van der Waals surface area contributed by atoms with Crippen LogP contribution in [0, 0.1) is 13.8 Å². The number of aryl methyl sites for hydroxylation is 2. The number of nitrogens with zero attached hydrogens (tertiary/aromatic N) is 2. The van der Waals surface area contributed by atoms with Gasteiger partial charge in [-0.3, -0.25) is 19.2 Å². The summed E-state index contributed by atoms with van der Waals surface area (Å²) in [5, 5.41) is 7.04. The van der Waals surface area contributed by atoms with Crippen LogP contribution in [0.1, 0.15) is 42.2 Å². The van der Waals surface area contributed by atoms with Gasteiger partial charge in [0.15, 0.2) is 21.6 Å². The Balaban J connectivity index is 1.75. The fraction of sp³-hybridized carbons (Fsp3) is 0.545. The Labute approximate surface area is 226 Å². The quantitative estimate of drug-likeness (QED) is 0.124. The van der Waals surface area contributed by atoms with Gasteiger partial charge in [-0.25, -0.2) is 9.97 Å². The lowest BCUT2D eigenvalue weighted by atomic mass is 10.2. The third kappa shape index (κ3) is 10.3. The third-order valence-electron chi connectivity index (χ3n) is 4.73. The maximum Gasteiger partial charge on any atom is 0.323 e. The number of aromatic nitrogens is 2. The second-order valence-corrected chi connectivity index (χ2v) is 12.5. The van der Waals surface area contributed by atoms with Gasteiger partial charge in [0.1, 0.15) is 12.1 Å². The molecule has 0 aliphatic carbocycles. The average molecular weight is 575 g/mol. The van der Waals surface area contributed by atoms with Gasteiger partial charge in [0.25, 0.3) is 0 Å². The summed E-state index contributed by atoms with van der Waals surface area (Å²) in [5.74, 6) is -0.281. The average Bonchev–Trinajstić information content (AvgIpc) is 3.51. The molecule has 2 N–H and O–H groups in total. The first kappa shape index (κ1) is 30.4. The first-order chi connectivity index (χ1) is 17.2. The lowest BCUT2D eigenvalue weighted by molar-refractivity contribution is -0.143. The Morgan fingerprint density at radius 1 is 0.806 bits per heavy atom. The molecule has 14 heteroatoms. The summed E-state index contributed by atoms with van der Waals surface area (Å²) < 4.78 is 9.73. The maximum atomic E-state index is 12.2. The molecular formula is C22H30N4O6S4. The Morgan fingerprint density at radius 2 is 1.19 bits per heavy atom. The summed E-state index contributed by atoms with van der Waals surface area (Å²) in [6, 6.07) is -1.22. The minimum Gasteiger partial charge on any atom is -0.468 e. The summed E-state index contributed by atoms with van der Waals surface area (Å²) in [7, 11) is 5.41. The number of rotatable bonds is 17. The molecule has 0 aromatic carbocycles. The fourth-order valence-corrected chi connectivity index (χ4v) is 6.67. The van der Waals surface area contributed by atoms with E-state index in [1.54, 1.807) is 12.4 Å². The van der Waals surface area contributed by atoms with E-state index in [0.717, 1.165) is 9.75 Å². The van der Waals surface area contributed by atoms with Gasteiger partial charge >= 0.3 is 11.9 Å². The van der Waals surface area contributed by atoms with E-state index in [4.69, 9.17) is 9.47 Å². The summed E-state index contributed by atoms with van der Waals surface area (Å²) in [6.45, 7) is 4.39. The summed E-state index contributed by atoms with van der Waals surface area (Å²) in [4.78, 5) is 58.8. The lowest BCUT2D eigenvalue weighted by Crippen LogP contribution is -2.41. The van der Waals surface area contributed by atoms with Crippen molar-refractivity contribution in [2.24, 2.45) is 0 Å². The van der Waals surface area contributed by atoms with Crippen LogP contribution in [0.15, 0.2) is 12.4 Å². The monoisotopic (exact) mass is 574 g/mol. The molecule has 2 unspecified atom stereocenters. The highest BCUT2D eigenvalue weighted by atomic mass is 33.1. The van der Waals surface area contributed by atoms with Crippen LogP contribution in [0.3, 0.4) is 0 Å². The summed E-state index contributed by atoms with van der Waals surface area (Å²) in [5.41, 5.74) is 0. The van der Waals surface area contributed by atoms with E-state index in [2.05, 4.69) is 20.6 Å². The van der Waals surface area contributed by atoms with Crippen LogP contribution in [-0.2, 0) is 19.1 Å². The predicted molar refractivity (Wildman–Crippen MR) is 144 cm³/mol. The second kappa shape index (κ2) is 16.1. The SMILES string of the molecule is COC(=O)C(CSSCC(NCCC(=O)c1ncc(C)s1)C(=O)OC)NCCC(=O)c1ncc(C)s1. The van der Waals surface area contributed by atoms with Gasteiger partial charge in [-0.1, -0.05) is 21.6 Å². The highest BCUT2D eigenvalue weighted by Gasteiger charge is 2.23. The van der Waals surface area contributed by atoms with Gasteiger partial charge < -0.3 is 20.1 Å². The van der Waals surface area contributed by atoms with Gasteiger partial charge in [-0.2, -0.15) is 0 Å². The summed E-state index contributed by atoms with van der Waals surface area (Å²) >= 11 is 2.69. The Hall–Kier alpha value is -1.84. The van der Waals surface area contributed by atoms with Crippen molar-refractivity contribution in [1.82, 2.24) is 20.6 Å². The smallest absolute Gasteiger partial charge is 0.323 e. The Morgan fingerprint density at radius 3 is 1.50 bits per heavy atom. The van der Waals surface area contributed by atoms with Crippen LogP contribution in [0.4, 0.5) is 0 Å². The molecule has 0 aliphatic rings. The number of esters is 2.